The van der Waals surface area contributed by atoms with E-state index in [1.807, 2.05) is 32.9 Å². The Hall–Kier alpha value is -1.88. The van der Waals surface area contributed by atoms with Crippen molar-refractivity contribution in [2.24, 2.45) is 5.92 Å². The van der Waals surface area contributed by atoms with E-state index in [9.17, 15) is 9.59 Å². The number of nitrogens with two attached hydrogens (primary N) is 1. The first-order valence-corrected chi connectivity index (χ1v) is 8.16. The molecule has 3 N–H and O–H groups in total. The molecular formula is C18H27N3O2. The molecule has 0 aromatic heterocycles. The van der Waals surface area contributed by atoms with Gasteiger partial charge in [0.2, 0.25) is 5.91 Å². The van der Waals surface area contributed by atoms with Gasteiger partial charge in [-0.25, -0.2) is 0 Å². The molecule has 1 aromatic carbocycles. The number of rotatable bonds is 4. The number of hydrogen-bond donors (Lipinski definition) is 2. The number of hydrogen-bond acceptors (Lipinski definition) is 4. The number of nitrogen functional groups attached to an aromatic ring is 1. The molecule has 0 aliphatic carbocycles. The quantitative estimate of drug-likeness (QED) is 0.659. The van der Waals surface area contributed by atoms with Crippen LogP contribution in [0.4, 0.5) is 5.69 Å². The Morgan fingerprint density at radius 2 is 1.96 bits per heavy atom. The van der Waals surface area contributed by atoms with Crippen LogP contribution in [0.3, 0.4) is 0 Å². The van der Waals surface area contributed by atoms with Gasteiger partial charge in [0.15, 0.2) is 0 Å². The standard InChI is InChI=1S/C18H27N3O2/c1-18(2,3)20-17(23)15-4-6-21(7-5-15)11-13-8-14(12-22)10-16(19)9-13/h8-10,12,15H,4-7,11,19H2,1-3H3,(H,20,23). The van der Waals surface area contributed by atoms with E-state index in [0.717, 1.165) is 44.3 Å². The number of aldehydes is 1. The number of carbonyl (C=O) groups excluding carboxylic acids is 2. The van der Waals surface area contributed by atoms with Gasteiger partial charge in [0.25, 0.3) is 0 Å². The fourth-order valence-electron chi connectivity index (χ4n) is 2.99. The molecule has 126 valence electrons. The smallest absolute Gasteiger partial charge is 0.223 e. The Morgan fingerprint density at radius 1 is 1.30 bits per heavy atom. The minimum atomic E-state index is -0.180. The summed E-state index contributed by atoms with van der Waals surface area (Å²) in [4.78, 5) is 25.5. The highest BCUT2D eigenvalue weighted by atomic mass is 16.2. The minimum Gasteiger partial charge on any atom is -0.399 e. The van der Waals surface area contributed by atoms with Crippen molar-refractivity contribution < 1.29 is 9.59 Å². The number of piperidine rings is 1. The highest BCUT2D eigenvalue weighted by Gasteiger charge is 2.27. The van der Waals surface area contributed by atoms with Crippen LogP contribution in [0.1, 0.15) is 49.5 Å². The van der Waals surface area contributed by atoms with Crippen LogP contribution in [0.15, 0.2) is 18.2 Å². The zero-order chi connectivity index (χ0) is 17.0. The molecule has 0 bridgehead atoms. The summed E-state index contributed by atoms with van der Waals surface area (Å²) in [5.74, 6) is 0.251. The average molecular weight is 317 g/mol. The fraction of sp³-hybridized carbons (Fsp3) is 0.556. The number of nitrogens with one attached hydrogen (secondary N) is 1. The Morgan fingerprint density at radius 3 is 2.52 bits per heavy atom. The second-order valence-corrected chi connectivity index (χ2v) is 7.42. The minimum absolute atomic E-state index is 0.0943. The maximum absolute atomic E-state index is 12.2. The van der Waals surface area contributed by atoms with Gasteiger partial charge in [-0.1, -0.05) is 0 Å². The van der Waals surface area contributed by atoms with E-state index >= 15 is 0 Å². The van der Waals surface area contributed by atoms with Crippen molar-refractivity contribution in [2.75, 3.05) is 18.8 Å². The average Bonchev–Trinajstić information content (AvgIpc) is 2.45. The first-order valence-electron chi connectivity index (χ1n) is 8.16. The lowest BCUT2D eigenvalue weighted by atomic mass is 9.94. The Kier molecular flexibility index (Phi) is 5.42. The van der Waals surface area contributed by atoms with Crippen molar-refractivity contribution in [3.63, 3.8) is 0 Å². The third kappa shape index (κ3) is 5.36. The maximum atomic E-state index is 12.2. The second kappa shape index (κ2) is 7.13. The zero-order valence-corrected chi connectivity index (χ0v) is 14.3. The first-order chi connectivity index (χ1) is 10.8. The lowest BCUT2D eigenvalue weighted by molar-refractivity contribution is -0.127. The van der Waals surface area contributed by atoms with E-state index in [0.29, 0.717) is 11.3 Å². The van der Waals surface area contributed by atoms with Gasteiger partial charge in [-0.3, -0.25) is 14.5 Å². The predicted molar refractivity (Wildman–Crippen MR) is 92.1 cm³/mol. The molecule has 5 heteroatoms. The summed E-state index contributed by atoms with van der Waals surface area (Å²) in [5, 5.41) is 3.06. The summed E-state index contributed by atoms with van der Waals surface area (Å²) >= 11 is 0. The number of carbonyl (C=O) groups is 2. The first kappa shape index (κ1) is 17.5. The Labute approximate surface area is 138 Å². The van der Waals surface area contributed by atoms with E-state index < -0.39 is 0 Å². The van der Waals surface area contributed by atoms with Crippen LogP contribution in [0.25, 0.3) is 0 Å². The van der Waals surface area contributed by atoms with Crippen molar-refractivity contribution in [1.82, 2.24) is 10.2 Å². The Balaban J connectivity index is 1.89. The van der Waals surface area contributed by atoms with Crippen LogP contribution >= 0.6 is 0 Å². The summed E-state index contributed by atoms with van der Waals surface area (Å²) in [6, 6.07) is 5.47. The molecule has 1 aromatic rings. The van der Waals surface area contributed by atoms with Gasteiger partial charge in [0.05, 0.1) is 0 Å². The van der Waals surface area contributed by atoms with Crippen molar-refractivity contribution in [3.05, 3.63) is 29.3 Å². The Bertz CT molecular complexity index is 570. The van der Waals surface area contributed by atoms with Crippen molar-refractivity contribution >= 4 is 17.9 Å². The van der Waals surface area contributed by atoms with E-state index in [1.165, 1.54) is 0 Å². The molecular weight excluding hydrogens is 290 g/mol. The fourth-order valence-corrected chi connectivity index (χ4v) is 2.99. The highest BCUT2D eigenvalue weighted by molar-refractivity contribution is 5.79. The van der Waals surface area contributed by atoms with Crippen molar-refractivity contribution in [1.29, 1.82) is 0 Å². The van der Waals surface area contributed by atoms with Gasteiger partial charge in [-0.2, -0.15) is 0 Å². The molecule has 1 saturated heterocycles. The van der Waals surface area contributed by atoms with Gasteiger partial charge in [-0.15, -0.1) is 0 Å². The zero-order valence-electron chi connectivity index (χ0n) is 14.3. The summed E-state index contributed by atoms with van der Waals surface area (Å²) in [7, 11) is 0. The summed E-state index contributed by atoms with van der Waals surface area (Å²) in [6.45, 7) is 8.54. The molecule has 1 aliphatic heterocycles. The molecule has 5 nitrogen and oxygen atoms in total. The van der Waals surface area contributed by atoms with E-state index in [2.05, 4.69) is 10.2 Å². The van der Waals surface area contributed by atoms with E-state index in [4.69, 9.17) is 5.73 Å². The second-order valence-electron chi connectivity index (χ2n) is 7.42. The lowest BCUT2D eigenvalue weighted by Crippen LogP contribution is -2.46. The third-order valence-electron chi connectivity index (χ3n) is 4.04. The van der Waals surface area contributed by atoms with Gasteiger partial charge in [-0.05, 0) is 70.5 Å². The third-order valence-corrected chi connectivity index (χ3v) is 4.04. The lowest BCUT2D eigenvalue weighted by Gasteiger charge is -2.33. The van der Waals surface area contributed by atoms with Crippen LogP contribution in [0, 0.1) is 5.92 Å². The molecule has 0 saturated carbocycles. The molecule has 1 aliphatic rings. The van der Waals surface area contributed by atoms with Crippen molar-refractivity contribution in [3.8, 4) is 0 Å². The molecule has 1 amide bonds. The monoisotopic (exact) mass is 317 g/mol. The normalized spacial score (nSPS) is 17.0. The van der Waals surface area contributed by atoms with Gasteiger partial charge >= 0.3 is 0 Å². The number of likely N-dealkylation sites (tertiary alicyclic amines) is 1. The largest absolute Gasteiger partial charge is 0.399 e. The summed E-state index contributed by atoms with van der Waals surface area (Å²) in [5.41, 5.74) is 7.92. The molecule has 1 heterocycles. The van der Waals surface area contributed by atoms with Crippen molar-refractivity contribution in [2.45, 2.75) is 45.7 Å². The summed E-state index contributed by atoms with van der Waals surface area (Å²) < 4.78 is 0. The highest BCUT2D eigenvalue weighted by Crippen LogP contribution is 2.21. The van der Waals surface area contributed by atoms with Crippen LogP contribution < -0.4 is 11.1 Å². The van der Waals surface area contributed by atoms with Gasteiger partial charge in [0, 0.05) is 29.3 Å². The molecule has 1 fully saturated rings. The predicted octanol–water partition coefficient (Wildman–Crippen LogP) is 2.21. The number of amides is 1. The molecule has 0 unspecified atom stereocenters. The van der Waals surface area contributed by atoms with E-state index in [1.54, 1.807) is 6.07 Å². The van der Waals surface area contributed by atoms with Crippen LogP contribution in [-0.2, 0) is 11.3 Å². The molecule has 0 radical (unpaired) electrons. The molecule has 0 spiro atoms. The van der Waals surface area contributed by atoms with E-state index in [-0.39, 0.29) is 17.4 Å². The maximum Gasteiger partial charge on any atom is 0.223 e. The number of benzene rings is 1. The van der Waals surface area contributed by atoms with Crippen LogP contribution in [0.2, 0.25) is 0 Å². The van der Waals surface area contributed by atoms with Crippen LogP contribution in [-0.4, -0.2) is 35.7 Å². The SMILES string of the molecule is CC(C)(C)NC(=O)C1CCN(Cc2cc(N)cc(C=O)c2)CC1. The topological polar surface area (TPSA) is 75.4 Å². The van der Waals surface area contributed by atoms with Gasteiger partial charge < -0.3 is 11.1 Å². The van der Waals surface area contributed by atoms with Gasteiger partial charge in [0.1, 0.15) is 6.29 Å². The molecule has 0 atom stereocenters. The molecule has 2 rings (SSSR count). The summed E-state index contributed by atoms with van der Waals surface area (Å²) in [6.07, 6.45) is 2.55. The number of nitrogens with zero attached hydrogens (tertiary/aromatic N) is 1. The number of anilines is 1. The van der Waals surface area contributed by atoms with Crippen LogP contribution in [0.5, 0.6) is 0 Å². The molecule has 23 heavy (non-hydrogen) atoms.